The predicted octanol–water partition coefficient (Wildman–Crippen LogP) is 7.08. The van der Waals surface area contributed by atoms with E-state index in [0.717, 1.165) is 5.56 Å². The average Bonchev–Trinajstić information content (AvgIpc) is 2.77. The summed E-state index contributed by atoms with van der Waals surface area (Å²) in [4.78, 5) is 14.0. The molecular weight excluding hydrogens is 485 g/mol. The van der Waals surface area contributed by atoms with Crippen molar-refractivity contribution < 1.29 is 32.5 Å². The molecule has 1 unspecified atom stereocenters. The maximum atomic E-state index is 12.6. The van der Waals surface area contributed by atoms with E-state index < -0.39 is 24.2 Å². The second-order valence-corrected chi connectivity index (χ2v) is 8.99. The van der Waals surface area contributed by atoms with E-state index in [1.54, 1.807) is 52.6 Å². The first-order valence-electron chi connectivity index (χ1n) is 12.0. The molecule has 2 rings (SSSR count). The summed E-state index contributed by atoms with van der Waals surface area (Å²) in [6.07, 6.45) is -6.30. The number of alkyl halides is 3. The van der Waals surface area contributed by atoms with Crippen LogP contribution in [-0.2, 0) is 11.3 Å². The van der Waals surface area contributed by atoms with E-state index in [0.29, 0.717) is 27.9 Å². The van der Waals surface area contributed by atoms with Gasteiger partial charge in [0.25, 0.3) is 0 Å². The molecule has 1 amide bonds. The number of benzene rings is 2. The van der Waals surface area contributed by atoms with Gasteiger partial charge < -0.3 is 24.8 Å². The van der Waals surface area contributed by atoms with Gasteiger partial charge in [0.2, 0.25) is 0 Å². The number of nitrogens with one attached hydrogen (secondary N) is 1. The number of carbonyl (C=O) groups excluding carboxylic acids is 1. The molecule has 2 aromatic rings. The minimum Gasteiger partial charge on any atom is -0.444 e. The summed E-state index contributed by atoms with van der Waals surface area (Å²) in [5.41, 5.74) is 3.24. The summed E-state index contributed by atoms with van der Waals surface area (Å²) in [7, 11) is 1.75. The minimum absolute atomic E-state index is 0.0537. The number of halogens is 3. The Labute approximate surface area is 217 Å². The molecule has 0 aromatic heterocycles. The quantitative estimate of drug-likeness (QED) is 0.313. The van der Waals surface area contributed by atoms with Gasteiger partial charge in [-0.2, -0.15) is 0 Å². The first kappa shape index (κ1) is 31.6. The number of nitrogens with zero attached hydrogens (tertiary/aromatic N) is 1. The second-order valence-electron chi connectivity index (χ2n) is 8.99. The van der Waals surface area contributed by atoms with Gasteiger partial charge in [0.05, 0.1) is 11.8 Å². The van der Waals surface area contributed by atoms with Crippen LogP contribution >= 0.6 is 0 Å². The molecule has 0 aliphatic rings. The van der Waals surface area contributed by atoms with Gasteiger partial charge in [0.1, 0.15) is 11.4 Å². The number of hydrogen-bond donors (Lipinski definition) is 2. The van der Waals surface area contributed by atoms with Crippen LogP contribution in [0, 0.1) is 18.9 Å². The van der Waals surface area contributed by atoms with E-state index >= 15 is 0 Å². The zero-order valence-electron chi connectivity index (χ0n) is 22.9. The van der Waals surface area contributed by atoms with Gasteiger partial charge in [-0.15, -0.1) is 13.2 Å². The molecule has 0 aliphatic carbocycles. The van der Waals surface area contributed by atoms with Crippen LogP contribution in [0.25, 0.3) is 11.1 Å². The highest BCUT2D eigenvalue weighted by molar-refractivity contribution is 5.80. The molecule has 0 spiro atoms. The maximum Gasteiger partial charge on any atom is 0.573 e. The number of aliphatic hydroxyl groups excluding tert-OH is 1. The Kier molecular flexibility index (Phi) is 11.3. The summed E-state index contributed by atoms with van der Waals surface area (Å²) >= 11 is 0. The lowest BCUT2D eigenvalue weighted by molar-refractivity contribution is -0.274. The molecule has 2 aromatic carbocycles. The van der Waals surface area contributed by atoms with Crippen molar-refractivity contribution in [1.82, 2.24) is 5.32 Å². The topological polar surface area (TPSA) is 71.0 Å². The molecule has 0 bridgehead atoms. The van der Waals surface area contributed by atoms with Crippen LogP contribution in [0.2, 0.25) is 0 Å². The molecule has 204 valence electrons. The number of alkyl carbamates (subject to hydrolysis) is 1. The number of rotatable bonds is 6. The fraction of sp³-hybridized carbons (Fsp3) is 0.464. The first-order valence-corrected chi connectivity index (χ1v) is 12.0. The molecular formula is C28H37F3N2O4. The Balaban J connectivity index is 0.00000334. The van der Waals surface area contributed by atoms with Crippen molar-refractivity contribution in [2.45, 2.75) is 80.0 Å². The minimum atomic E-state index is -4.79. The maximum absolute atomic E-state index is 12.6. The standard InChI is InChI=1S/C26H31F3N2O4.C2H6/c1-8-13-31(7)23-16(2)21(18-9-11-20(12-10-18)34-26(27,28)29)14-19(22(23)17(3)32)15-30-24(33)35-25(4,5)6;1-2/h9-12,14,17,32H,15H2,1-7H3,(H,30,33);1-2H3. The van der Waals surface area contributed by atoms with Crippen molar-refractivity contribution in [3.63, 3.8) is 0 Å². The van der Waals surface area contributed by atoms with Crippen LogP contribution in [0.15, 0.2) is 30.3 Å². The molecule has 9 heteroatoms. The van der Waals surface area contributed by atoms with E-state index in [9.17, 15) is 23.1 Å². The van der Waals surface area contributed by atoms with Gasteiger partial charge in [-0.3, -0.25) is 0 Å². The lowest BCUT2D eigenvalue weighted by atomic mass is 9.89. The lowest BCUT2D eigenvalue weighted by Gasteiger charge is -2.27. The number of carbonyl (C=O) groups is 1. The largest absolute Gasteiger partial charge is 0.573 e. The van der Waals surface area contributed by atoms with E-state index in [2.05, 4.69) is 22.0 Å². The van der Waals surface area contributed by atoms with E-state index in [1.807, 2.05) is 20.8 Å². The summed E-state index contributed by atoms with van der Waals surface area (Å²) in [6.45, 7) is 14.4. The number of ether oxygens (including phenoxy) is 2. The SMILES string of the molecule is CC.CC#CN(C)c1c(C)c(-c2ccc(OC(F)(F)F)cc2)cc(CNC(=O)OC(C)(C)C)c1C(C)O. The molecule has 0 saturated carbocycles. The Morgan fingerprint density at radius 1 is 1.16 bits per heavy atom. The molecule has 0 aliphatic heterocycles. The molecule has 0 saturated heterocycles. The third-order valence-electron chi connectivity index (χ3n) is 4.93. The Morgan fingerprint density at radius 2 is 1.73 bits per heavy atom. The van der Waals surface area contributed by atoms with Crippen LogP contribution in [-0.4, -0.2) is 30.2 Å². The second kappa shape index (κ2) is 13.2. The molecule has 0 fully saturated rings. The highest BCUT2D eigenvalue weighted by Gasteiger charge is 2.31. The Bertz CT molecular complexity index is 1110. The van der Waals surface area contributed by atoms with E-state index in [-0.39, 0.29) is 12.3 Å². The van der Waals surface area contributed by atoms with Gasteiger partial charge in [-0.1, -0.05) is 31.9 Å². The van der Waals surface area contributed by atoms with Crippen molar-refractivity contribution in [3.05, 3.63) is 47.0 Å². The molecule has 0 radical (unpaired) electrons. The normalized spacial score (nSPS) is 11.8. The Hall–Kier alpha value is -3.38. The zero-order valence-corrected chi connectivity index (χ0v) is 22.9. The third-order valence-corrected chi connectivity index (χ3v) is 4.93. The van der Waals surface area contributed by atoms with Gasteiger partial charge in [0.15, 0.2) is 0 Å². The fourth-order valence-corrected chi connectivity index (χ4v) is 3.73. The van der Waals surface area contributed by atoms with E-state index in [4.69, 9.17) is 4.74 Å². The number of amides is 1. The van der Waals surface area contributed by atoms with Crippen LogP contribution in [0.1, 0.15) is 71.3 Å². The third kappa shape index (κ3) is 9.54. The van der Waals surface area contributed by atoms with Crippen molar-refractivity contribution in [1.29, 1.82) is 0 Å². The predicted molar refractivity (Wildman–Crippen MR) is 140 cm³/mol. The van der Waals surface area contributed by atoms with Crippen molar-refractivity contribution in [2.24, 2.45) is 0 Å². The lowest BCUT2D eigenvalue weighted by Crippen LogP contribution is -2.32. The number of hydrogen-bond acceptors (Lipinski definition) is 5. The first-order chi connectivity index (χ1) is 17.1. The average molecular weight is 523 g/mol. The van der Waals surface area contributed by atoms with Gasteiger partial charge in [-0.05, 0) is 82.0 Å². The van der Waals surface area contributed by atoms with Gasteiger partial charge in [0, 0.05) is 25.2 Å². The van der Waals surface area contributed by atoms with Crippen LogP contribution in [0.5, 0.6) is 5.75 Å². The van der Waals surface area contributed by atoms with Crippen LogP contribution in [0.3, 0.4) is 0 Å². The van der Waals surface area contributed by atoms with Crippen molar-refractivity contribution in [2.75, 3.05) is 11.9 Å². The Morgan fingerprint density at radius 3 is 2.19 bits per heavy atom. The van der Waals surface area contributed by atoms with Crippen LogP contribution < -0.4 is 15.0 Å². The van der Waals surface area contributed by atoms with Crippen molar-refractivity contribution >= 4 is 11.8 Å². The summed E-state index contributed by atoms with van der Waals surface area (Å²) < 4.78 is 47.0. The summed E-state index contributed by atoms with van der Waals surface area (Å²) in [6, 6.07) is 10.3. The summed E-state index contributed by atoms with van der Waals surface area (Å²) in [5, 5.41) is 13.4. The van der Waals surface area contributed by atoms with Crippen LogP contribution in [0.4, 0.5) is 23.7 Å². The molecule has 0 heterocycles. The van der Waals surface area contributed by atoms with E-state index in [1.165, 1.54) is 24.3 Å². The number of aliphatic hydroxyl groups is 1. The van der Waals surface area contributed by atoms with Crippen molar-refractivity contribution in [3.8, 4) is 28.8 Å². The smallest absolute Gasteiger partial charge is 0.444 e. The zero-order chi connectivity index (χ0) is 28.6. The highest BCUT2D eigenvalue weighted by Crippen LogP contribution is 2.39. The highest BCUT2D eigenvalue weighted by atomic mass is 19.4. The molecule has 1 atom stereocenters. The molecule has 37 heavy (non-hydrogen) atoms. The molecule has 2 N–H and O–H groups in total. The number of anilines is 1. The monoisotopic (exact) mass is 522 g/mol. The summed E-state index contributed by atoms with van der Waals surface area (Å²) in [5.74, 6) is 2.49. The molecule has 6 nitrogen and oxygen atoms in total. The fourth-order valence-electron chi connectivity index (χ4n) is 3.73. The van der Waals surface area contributed by atoms with Gasteiger partial charge >= 0.3 is 12.5 Å². The van der Waals surface area contributed by atoms with Gasteiger partial charge in [-0.25, -0.2) is 4.79 Å².